The van der Waals surface area contributed by atoms with Crippen LogP contribution in [0.1, 0.15) is 47.5 Å². The summed E-state index contributed by atoms with van der Waals surface area (Å²) in [6, 6.07) is 1.42. The van der Waals surface area contributed by atoms with E-state index in [0.29, 0.717) is 6.04 Å². The van der Waals surface area contributed by atoms with Crippen molar-refractivity contribution in [3.8, 4) is 0 Å². The van der Waals surface area contributed by atoms with E-state index in [1.165, 1.54) is 25.9 Å². The molecule has 16 heavy (non-hydrogen) atoms. The van der Waals surface area contributed by atoms with Crippen LogP contribution < -0.4 is 5.32 Å². The first-order valence-corrected chi connectivity index (χ1v) is 6.98. The summed E-state index contributed by atoms with van der Waals surface area (Å²) in [5, 5.41) is 3.62. The van der Waals surface area contributed by atoms with Crippen LogP contribution in [0, 0.1) is 11.8 Å². The molecule has 96 valence electrons. The van der Waals surface area contributed by atoms with Gasteiger partial charge in [0.05, 0.1) is 0 Å². The van der Waals surface area contributed by atoms with E-state index in [1.54, 1.807) is 0 Å². The molecule has 1 rings (SSSR count). The van der Waals surface area contributed by atoms with Crippen molar-refractivity contribution in [2.45, 2.75) is 59.5 Å². The first-order valence-electron chi connectivity index (χ1n) is 6.98. The molecule has 0 aromatic rings. The van der Waals surface area contributed by atoms with E-state index in [0.717, 1.165) is 24.4 Å². The summed E-state index contributed by atoms with van der Waals surface area (Å²) in [7, 11) is 0. The lowest BCUT2D eigenvalue weighted by atomic mass is 9.95. The molecule has 3 unspecified atom stereocenters. The smallest absolute Gasteiger partial charge is 0.0110 e. The van der Waals surface area contributed by atoms with Crippen molar-refractivity contribution in [2.75, 3.05) is 19.6 Å². The maximum Gasteiger partial charge on any atom is 0.0110 e. The van der Waals surface area contributed by atoms with Crippen molar-refractivity contribution in [3.63, 3.8) is 0 Å². The number of hydrogen-bond donors (Lipinski definition) is 1. The quantitative estimate of drug-likeness (QED) is 0.775. The predicted molar refractivity (Wildman–Crippen MR) is 71.7 cm³/mol. The Balaban J connectivity index is 2.20. The summed E-state index contributed by atoms with van der Waals surface area (Å²) in [5.74, 6) is 1.62. The summed E-state index contributed by atoms with van der Waals surface area (Å²) in [6.45, 7) is 15.2. The van der Waals surface area contributed by atoms with Crippen molar-refractivity contribution in [1.29, 1.82) is 0 Å². The molecular weight excluding hydrogens is 196 g/mol. The molecule has 0 radical (unpaired) electrons. The highest BCUT2D eigenvalue weighted by molar-refractivity contribution is 4.77. The van der Waals surface area contributed by atoms with E-state index in [1.807, 2.05) is 0 Å². The highest BCUT2D eigenvalue weighted by Crippen LogP contribution is 2.20. The molecule has 1 heterocycles. The molecule has 0 aliphatic carbocycles. The van der Waals surface area contributed by atoms with Gasteiger partial charge in [0.2, 0.25) is 0 Å². The minimum absolute atomic E-state index is 0.637. The van der Waals surface area contributed by atoms with Gasteiger partial charge in [0.25, 0.3) is 0 Å². The fraction of sp³-hybridized carbons (Fsp3) is 1.00. The molecule has 1 aliphatic heterocycles. The Hall–Kier alpha value is -0.0800. The molecule has 0 bridgehead atoms. The van der Waals surface area contributed by atoms with Gasteiger partial charge in [0.15, 0.2) is 0 Å². The standard InChI is InChI=1S/C14H30N2/c1-11(2)14(5)15-8-9-16-10-12(3)6-7-13(16)4/h11-15H,6-10H2,1-5H3. The zero-order valence-corrected chi connectivity index (χ0v) is 11.8. The molecule has 2 heteroatoms. The normalized spacial score (nSPS) is 29.6. The van der Waals surface area contributed by atoms with Gasteiger partial charge in [-0.3, -0.25) is 4.90 Å². The number of likely N-dealkylation sites (tertiary alicyclic amines) is 1. The van der Waals surface area contributed by atoms with Gasteiger partial charge in [0, 0.05) is 31.7 Å². The lowest BCUT2D eigenvalue weighted by molar-refractivity contribution is 0.124. The Morgan fingerprint density at radius 2 is 1.88 bits per heavy atom. The Labute approximate surface area is 102 Å². The van der Waals surface area contributed by atoms with Crippen molar-refractivity contribution in [1.82, 2.24) is 10.2 Å². The van der Waals surface area contributed by atoms with Crippen molar-refractivity contribution in [3.05, 3.63) is 0 Å². The van der Waals surface area contributed by atoms with Gasteiger partial charge in [-0.2, -0.15) is 0 Å². The van der Waals surface area contributed by atoms with Gasteiger partial charge in [-0.1, -0.05) is 20.8 Å². The van der Waals surface area contributed by atoms with Gasteiger partial charge >= 0.3 is 0 Å². The molecule has 3 atom stereocenters. The zero-order valence-electron chi connectivity index (χ0n) is 11.8. The largest absolute Gasteiger partial charge is 0.313 e. The second-order valence-corrected chi connectivity index (χ2v) is 6.01. The molecule has 0 amide bonds. The fourth-order valence-electron chi connectivity index (χ4n) is 2.36. The number of nitrogens with one attached hydrogen (secondary N) is 1. The molecule has 0 aromatic carbocycles. The molecule has 1 aliphatic rings. The Kier molecular flexibility index (Phi) is 5.77. The van der Waals surface area contributed by atoms with Crippen molar-refractivity contribution < 1.29 is 0 Å². The van der Waals surface area contributed by atoms with E-state index in [-0.39, 0.29) is 0 Å². The topological polar surface area (TPSA) is 15.3 Å². The molecule has 1 saturated heterocycles. The van der Waals surface area contributed by atoms with Crippen LogP contribution in [0.5, 0.6) is 0 Å². The third kappa shape index (κ3) is 4.42. The molecule has 0 spiro atoms. The first kappa shape index (κ1) is 14.0. The number of rotatable bonds is 5. The fourth-order valence-corrected chi connectivity index (χ4v) is 2.36. The van der Waals surface area contributed by atoms with E-state index < -0.39 is 0 Å². The van der Waals surface area contributed by atoms with E-state index >= 15 is 0 Å². The number of nitrogens with zero attached hydrogens (tertiary/aromatic N) is 1. The molecule has 2 nitrogen and oxygen atoms in total. The van der Waals surface area contributed by atoms with E-state index in [2.05, 4.69) is 44.8 Å². The summed E-state index contributed by atoms with van der Waals surface area (Å²) < 4.78 is 0. The third-order valence-corrected chi connectivity index (χ3v) is 4.11. The van der Waals surface area contributed by atoms with Crippen molar-refractivity contribution >= 4 is 0 Å². The minimum Gasteiger partial charge on any atom is -0.313 e. The summed E-state index contributed by atoms with van der Waals surface area (Å²) in [4.78, 5) is 2.65. The number of hydrogen-bond acceptors (Lipinski definition) is 2. The van der Waals surface area contributed by atoms with Gasteiger partial charge in [-0.15, -0.1) is 0 Å². The van der Waals surface area contributed by atoms with Crippen LogP contribution in [0.15, 0.2) is 0 Å². The Morgan fingerprint density at radius 3 is 2.50 bits per heavy atom. The van der Waals surface area contributed by atoms with Crippen LogP contribution >= 0.6 is 0 Å². The minimum atomic E-state index is 0.637. The molecular formula is C14H30N2. The molecule has 0 saturated carbocycles. The summed E-state index contributed by atoms with van der Waals surface area (Å²) in [6.07, 6.45) is 2.79. The van der Waals surface area contributed by atoms with Crippen LogP contribution in [0.25, 0.3) is 0 Å². The van der Waals surface area contributed by atoms with Gasteiger partial charge in [-0.05, 0) is 38.5 Å². The predicted octanol–water partition coefficient (Wildman–Crippen LogP) is 2.74. The van der Waals surface area contributed by atoms with Crippen LogP contribution in [0.3, 0.4) is 0 Å². The Bertz CT molecular complexity index is 191. The van der Waals surface area contributed by atoms with Crippen LogP contribution in [0.4, 0.5) is 0 Å². The van der Waals surface area contributed by atoms with Gasteiger partial charge < -0.3 is 5.32 Å². The maximum absolute atomic E-state index is 3.62. The monoisotopic (exact) mass is 226 g/mol. The highest BCUT2D eigenvalue weighted by Gasteiger charge is 2.22. The SMILES string of the molecule is CC1CCC(C)N(CCNC(C)C(C)C)C1. The van der Waals surface area contributed by atoms with Crippen LogP contribution in [-0.4, -0.2) is 36.6 Å². The van der Waals surface area contributed by atoms with E-state index in [9.17, 15) is 0 Å². The molecule has 1 N–H and O–H groups in total. The lowest BCUT2D eigenvalue weighted by Gasteiger charge is -2.37. The molecule has 0 aromatic heterocycles. The second-order valence-electron chi connectivity index (χ2n) is 6.01. The lowest BCUT2D eigenvalue weighted by Crippen LogP contribution is -2.45. The molecule has 1 fully saturated rings. The summed E-state index contributed by atoms with van der Waals surface area (Å²) in [5.41, 5.74) is 0. The zero-order chi connectivity index (χ0) is 12.1. The van der Waals surface area contributed by atoms with Crippen LogP contribution in [0.2, 0.25) is 0 Å². The van der Waals surface area contributed by atoms with Gasteiger partial charge in [0.1, 0.15) is 0 Å². The average Bonchev–Trinajstić information content (AvgIpc) is 2.22. The first-order chi connectivity index (χ1) is 7.50. The summed E-state index contributed by atoms with van der Waals surface area (Å²) >= 11 is 0. The van der Waals surface area contributed by atoms with Crippen LogP contribution in [-0.2, 0) is 0 Å². The average molecular weight is 226 g/mol. The van der Waals surface area contributed by atoms with Gasteiger partial charge in [-0.25, -0.2) is 0 Å². The Morgan fingerprint density at radius 1 is 1.19 bits per heavy atom. The van der Waals surface area contributed by atoms with E-state index in [4.69, 9.17) is 0 Å². The van der Waals surface area contributed by atoms with Crippen molar-refractivity contribution in [2.24, 2.45) is 11.8 Å². The maximum atomic E-state index is 3.62. The third-order valence-electron chi connectivity index (χ3n) is 4.11. The second kappa shape index (κ2) is 6.61. The number of piperidine rings is 1. The highest BCUT2D eigenvalue weighted by atomic mass is 15.2.